The van der Waals surface area contributed by atoms with Crippen molar-refractivity contribution in [2.75, 3.05) is 16.3 Å². The number of furan rings is 1. The predicted octanol–water partition coefficient (Wildman–Crippen LogP) is 4.94. The third-order valence-corrected chi connectivity index (χ3v) is 5.83. The maximum absolute atomic E-state index is 13.8. The van der Waals surface area contributed by atoms with Crippen LogP contribution in [0.4, 0.5) is 11.4 Å². The zero-order chi connectivity index (χ0) is 21.6. The van der Waals surface area contributed by atoms with Gasteiger partial charge in [-0.15, -0.1) is 0 Å². The van der Waals surface area contributed by atoms with Crippen molar-refractivity contribution in [1.82, 2.24) is 0 Å². The molecule has 2 amide bonds. The number of carbonyl (C=O) groups excluding carboxylic acids is 2. The van der Waals surface area contributed by atoms with E-state index in [1.165, 1.54) is 0 Å². The number of nitrogens with zero attached hydrogens (tertiary/aromatic N) is 2. The van der Waals surface area contributed by atoms with Gasteiger partial charge in [0.1, 0.15) is 18.1 Å². The summed E-state index contributed by atoms with van der Waals surface area (Å²) in [6, 6.07) is 14.5. The lowest BCUT2D eigenvalue weighted by molar-refractivity contribution is -0.129. The summed E-state index contributed by atoms with van der Waals surface area (Å²) in [7, 11) is 0. The number of amides is 2. The quantitative estimate of drug-likeness (QED) is 0.623. The van der Waals surface area contributed by atoms with E-state index < -0.39 is 6.04 Å². The molecule has 5 nitrogen and oxygen atoms in total. The van der Waals surface area contributed by atoms with E-state index in [1.54, 1.807) is 15.9 Å². The highest BCUT2D eigenvalue weighted by Gasteiger charge is 2.44. The number of piperazine rings is 1. The molecule has 2 heterocycles. The van der Waals surface area contributed by atoms with Crippen molar-refractivity contribution in [3.8, 4) is 0 Å². The summed E-state index contributed by atoms with van der Waals surface area (Å²) in [5.74, 6) is 0.870. The molecule has 1 aromatic heterocycles. The zero-order valence-electron chi connectivity index (χ0n) is 18.0. The number of hydrogen-bond acceptors (Lipinski definition) is 3. The van der Waals surface area contributed by atoms with Gasteiger partial charge in [0.05, 0.1) is 0 Å². The molecule has 5 heteroatoms. The second-order valence-electron chi connectivity index (χ2n) is 8.05. The Labute approximate surface area is 176 Å². The molecule has 0 unspecified atom stereocenters. The Morgan fingerprint density at radius 2 is 1.63 bits per heavy atom. The summed E-state index contributed by atoms with van der Waals surface area (Å²) >= 11 is 0. The van der Waals surface area contributed by atoms with Crippen LogP contribution in [0, 0.1) is 34.6 Å². The highest BCUT2D eigenvalue weighted by atomic mass is 16.3. The highest BCUT2D eigenvalue weighted by Crippen LogP contribution is 2.37. The van der Waals surface area contributed by atoms with Gasteiger partial charge in [0.15, 0.2) is 6.04 Å². The fourth-order valence-corrected chi connectivity index (χ4v) is 4.12. The van der Waals surface area contributed by atoms with E-state index in [2.05, 4.69) is 0 Å². The van der Waals surface area contributed by atoms with Gasteiger partial charge in [0.2, 0.25) is 5.91 Å². The Hall–Kier alpha value is -3.34. The number of aryl methyl sites for hydroxylation is 4. The smallest absolute Gasteiger partial charge is 0.258 e. The van der Waals surface area contributed by atoms with Crippen LogP contribution in [0.5, 0.6) is 0 Å². The Bertz CT molecular complexity index is 1150. The van der Waals surface area contributed by atoms with E-state index in [1.807, 2.05) is 77.1 Å². The summed E-state index contributed by atoms with van der Waals surface area (Å²) < 4.78 is 5.85. The first-order chi connectivity index (χ1) is 14.3. The maximum Gasteiger partial charge on any atom is 0.258 e. The monoisotopic (exact) mass is 402 g/mol. The van der Waals surface area contributed by atoms with E-state index in [0.717, 1.165) is 33.6 Å². The minimum Gasteiger partial charge on any atom is -0.464 e. The van der Waals surface area contributed by atoms with Gasteiger partial charge in [-0.1, -0.05) is 29.8 Å². The number of carbonyl (C=O) groups is 2. The van der Waals surface area contributed by atoms with Crippen LogP contribution in [0.2, 0.25) is 0 Å². The molecule has 0 saturated carbocycles. The van der Waals surface area contributed by atoms with Crippen molar-refractivity contribution in [2.45, 2.75) is 40.7 Å². The topological polar surface area (TPSA) is 53.8 Å². The molecule has 4 rings (SSSR count). The van der Waals surface area contributed by atoms with Crippen LogP contribution in [-0.2, 0) is 9.59 Å². The fraction of sp³-hybridized carbons (Fsp3) is 0.280. The van der Waals surface area contributed by atoms with Gasteiger partial charge in [0, 0.05) is 11.4 Å². The molecule has 1 aliphatic heterocycles. The molecular formula is C25H26N2O3. The first-order valence-corrected chi connectivity index (χ1v) is 10.1. The summed E-state index contributed by atoms with van der Waals surface area (Å²) in [6.45, 7) is 9.78. The van der Waals surface area contributed by atoms with Gasteiger partial charge in [-0.05, 0) is 75.6 Å². The number of benzene rings is 2. The first-order valence-electron chi connectivity index (χ1n) is 10.1. The van der Waals surface area contributed by atoms with E-state index in [0.29, 0.717) is 11.5 Å². The molecule has 0 radical (unpaired) electrons. The molecule has 1 aliphatic rings. The van der Waals surface area contributed by atoms with Gasteiger partial charge >= 0.3 is 0 Å². The molecule has 154 valence electrons. The lowest BCUT2D eigenvalue weighted by Crippen LogP contribution is -2.56. The van der Waals surface area contributed by atoms with E-state index in [9.17, 15) is 9.59 Å². The summed E-state index contributed by atoms with van der Waals surface area (Å²) in [5, 5.41) is 0. The molecular weight excluding hydrogens is 376 g/mol. The van der Waals surface area contributed by atoms with Crippen LogP contribution in [-0.4, -0.2) is 18.4 Å². The predicted molar refractivity (Wildman–Crippen MR) is 118 cm³/mol. The van der Waals surface area contributed by atoms with Crippen molar-refractivity contribution in [3.05, 3.63) is 82.3 Å². The zero-order valence-corrected chi connectivity index (χ0v) is 18.0. The third kappa shape index (κ3) is 3.30. The molecule has 1 atom stereocenters. The van der Waals surface area contributed by atoms with Crippen LogP contribution >= 0.6 is 0 Å². The van der Waals surface area contributed by atoms with Crippen LogP contribution in [0.1, 0.15) is 39.8 Å². The molecule has 1 saturated heterocycles. The van der Waals surface area contributed by atoms with Crippen LogP contribution in [0.25, 0.3) is 0 Å². The van der Waals surface area contributed by atoms with Gasteiger partial charge in [-0.3, -0.25) is 14.5 Å². The average Bonchev–Trinajstić information content (AvgIpc) is 3.12. The number of anilines is 2. The minimum absolute atomic E-state index is 0.00731. The highest BCUT2D eigenvalue weighted by molar-refractivity contribution is 6.14. The third-order valence-electron chi connectivity index (χ3n) is 5.83. The van der Waals surface area contributed by atoms with Gasteiger partial charge in [-0.25, -0.2) is 0 Å². The van der Waals surface area contributed by atoms with Crippen molar-refractivity contribution in [1.29, 1.82) is 0 Å². The van der Waals surface area contributed by atoms with Crippen LogP contribution < -0.4 is 9.80 Å². The fourth-order valence-electron chi connectivity index (χ4n) is 4.12. The molecule has 1 fully saturated rings. The van der Waals surface area contributed by atoms with E-state index >= 15 is 0 Å². The molecule has 0 spiro atoms. The van der Waals surface area contributed by atoms with Crippen LogP contribution in [0.15, 0.2) is 52.9 Å². The number of rotatable bonds is 3. The number of hydrogen-bond donors (Lipinski definition) is 0. The van der Waals surface area contributed by atoms with Crippen LogP contribution in [0.3, 0.4) is 0 Å². The van der Waals surface area contributed by atoms with Gasteiger partial charge < -0.3 is 9.32 Å². The van der Waals surface area contributed by atoms with Crippen molar-refractivity contribution in [3.63, 3.8) is 0 Å². The molecule has 2 aromatic carbocycles. The van der Waals surface area contributed by atoms with Crippen molar-refractivity contribution in [2.24, 2.45) is 0 Å². The molecule has 0 aliphatic carbocycles. The minimum atomic E-state index is -0.846. The normalized spacial score (nSPS) is 17.0. The lowest BCUT2D eigenvalue weighted by atomic mass is 10.0. The van der Waals surface area contributed by atoms with E-state index in [4.69, 9.17) is 4.42 Å². The van der Waals surface area contributed by atoms with Gasteiger partial charge in [-0.2, -0.15) is 0 Å². The largest absolute Gasteiger partial charge is 0.464 e. The van der Waals surface area contributed by atoms with Crippen molar-refractivity contribution < 1.29 is 14.0 Å². The molecule has 0 bridgehead atoms. The lowest BCUT2D eigenvalue weighted by Gasteiger charge is -2.40. The standard InChI is InChI=1S/C25H26N2O3/c1-15-9-11-20(17(3)13-15)27-23(28)14-26(21-8-6-7-16(2)19(21)5)25(29)24(27)22-12-10-18(4)30-22/h6-13,24H,14H2,1-5H3/t24-/m0/s1. The Morgan fingerprint density at radius 3 is 2.30 bits per heavy atom. The SMILES string of the molecule is Cc1ccc(N2C(=O)CN(c3cccc(C)c3C)C(=O)[C@@H]2c2ccc(C)o2)c(C)c1. The molecule has 3 aromatic rings. The van der Waals surface area contributed by atoms with Crippen molar-refractivity contribution >= 4 is 23.2 Å². The van der Waals surface area contributed by atoms with Gasteiger partial charge in [0.25, 0.3) is 5.91 Å². The summed E-state index contributed by atoms with van der Waals surface area (Å²) in [6.07, 6.45) is 0. The second-order valence-corrected chi connectivity index (χ2v) is 8.05. The molecule has 0 N–H and O–H groups in total. The van der Waals surface area contributed by atoms with E-state index in [-0.39, 0.29) is 18.4 Å². The Balaban J connectivity index is 1.86. The summed E-state index contributed by atoms with van der Waals surface area (Å²) in [4.78, 5) is 30.4. The summed E-state index contributed by atoms with van der Waals surface area (Å²) in [5.41, 5.74) is 5.63. The first kappa shape index (κ1) is 20.0. The Kier molecular flexibility index (Phi) is 4.98. The molecule has 30 heavy (non-hydrogen) atoms. The average molecular weight is 402 g/mol. The maximum atomic E-state index is 13.8. The second kappa shape index (κ2) is 7.48. The Morgan fingerprint density at radius 1 is 0.867 bits per heavy atom.